The molecule has 82 valence electrons. The van der Waals surface area contributed by atoms with Crippen molar-refractivity contribution in [1.82, 2.24) is 0 Å². The van der Waals surface area contributed by atoms with Crippen molar-refractivity contribution >= 4 is 45.7 Å². The second kappa shape index (κ2) is 4.41. The van der Waals surface area contributed by atoms with E-state index in [2.05, 4.69) is 40.2 Å². The van der Waals surface area contributed by atoms with Crippen molar-refractivity contribution in [1.29, 1.82) is 0 Å². The van der Waals surface area contributed by atoms with Crippen LogP contribution in [0.3, 0.4) is 0 Å². The summed E-state index contributed by atoms with van der Waals surface area (Å²) < 4.78 is 1.70. The summed E-state index contributed by atoms with van der Waals surface area (Å²) in [4.78, 5) is 0. The van der Waals surface area contributed by atoms with Crippen LogP contribution in [0.15, 0.2) is 18.2 Å². The normalized spacial score (nSPS) is 17.5. The zero-order valence-corrected chi connectivity index (χ0v) is 11.7. The van der Waals surface area contributed by atoms with Crippen molar-refractivity contribution in [3.63, 3.8) is 0 Å². The second-order valence-corrected chi connectivity index (χ2v) is 6.42. The number of halogens is 1. The molecule has 0 saturated heterocycles. The van der Waals surface area contributed by atoms with E-state index in [9.17, 15) is 0 Å². The highest BCUT2D eigenvalue weighted by molar-refractivity contribution is 14.1. The fraction of sp³-hybridized carbons (Fsp3) is 0.455. The van der Waals surface area contributed by atoms with Crippen molar-refractivity contribution in [2.75, 3.05) is 23.9 Å². The topological polar surface area (TPSA) is 38.0 Å². The van der Waals surface area contributed by atoms with Gasteiger partial charge in [0, 0.05) is 26.2 Å². The summed E-state index contributed by atoms with van der Waals surface area (Å²) in [5.74, 6) is 0. The van der Waals surface area contributed by atoms with E-state index in [1.807, 2.05) is 23.9 Å². The zero-order chi connectivity index (χ0) is 10.9. The van der Waals surface area contributed by atoms with E-state index in [-0.39, 0.29) is 0 Å². The fourth-order valence-corrected chi connectivity index (χ4v) is 2.98. The molecule has 0 bridgehead atoms. The molecule has 0 heterocycles. The molecule has 2 rings (SSSR count). The Kier molecular flexibility index (Phi) is 3.35. The summed E-state index contributed by atoms with van der Waals surface area (Å²) in [6.07, 6.45) is 4.88. The van der Waals surface area contributed by atoms with Crippen molar-refractivity contribution in [2.24, 2.45) is 0 Å². The van der Waals surface area contributed by atoms with Gasteiger partial charge in [-0.3, -0.25) is 0 Å². The van der Waals surface area contributed by atoms with Gasteiger partial charge in [-0.15, -0.1) is 0 Å². The molecule has 0 amide bonds. The van der Waals surface area contributed by atoms with Crippen molar-refractivity contribution in [3.05, 3.63) is 21.8 Å². The molecule has 3 N–H and O–H groups in total. The summed E-state index contributed by atoms with van der Waals surface area (Å²) in [5, 5.41) is 3.51. The number of hydrogen-bond donors (Lipinski definition) is 2. The highest BCUT2D eigenvalue weighted by Gasteiger charge is 2.41. The highest BCUT2D eigenvalue weighted by atomic mass is 127. The number of nitrogens with two attached hydrogens (primary N) is 1. The van der Waals surface area contributed by atoms with Crippen molar-refractivity contribution in [3.8, 4) is 0 Å². The van der Waals surface area contributed by atoms with Crippen LogP contribution in [0, 0.1) is 3.57 Å². The Morgan fingerprint density at radius 3 is 2.80 bits per heavy atom. The lowest BCUT2D eigenvalue weighted by molar-refractivity contribution is 0.948. The molecule has 0 spiro atoms. The Hall–Kier alpha value is -0.100. The van der Waals surface area contributed by atoms with E-state index in [0.29, 0.717) is 4.75 Å². The molecule has 0 aliphatic heterocycles. The van der Waals surface area contributed by atoms with Crippen LogP contribution in [0.2, 0.25) is 0 Å². The molecular weight excluding hydrogens is 319 g/mol. The minimum absolute atomic E-state index is 0.504. The van der Waals surface area contributed by atoms with Gasteiger partial charge in [0.15, 0.2) is 0 Å². The van der Waals surface area contributed by atoms with Crippen LogP contribution < -0.4 is 11.1 Å². The molecule has 1 aromatic carbocycles. The second-order valence-electron chi connectivity index (χ2n) is 3.98. The molecule has 1 aliphatic rings. The Bertz CT molecular complexity index is 364. The Morgan fingerprint density at radius 2 is 2.27 bits per heavy atom. The van der Waals surface area contributed by atoms with Gasteiger partial charge in [0.2, 0.25) is 0 Å². The maximum Gasteiger partial charge on any atom is 0.0477 e. The third-order valence-corrected chi connectivity index (χ3v) is 5.15. The summed E-state index contributed by atoms with van der Waals surface area (Å²) in [6, 6.07) is 6.01. The molecule has 1 fully saturated rings. The van der Waals surface area contributed by atoms with Gasteiger partial charge in [-0.1, -0.05) is 0 Å². The molecule has 15 heavy (non-hydrogen) atoms. The van der Waals surface area contributed by atoms with Gasteiger partial charge in [-0.05, 0) is 59.9 Å². The molecule has 1 aliphatic carbocycles. The number of nitrogens with one attached hydrogen (secondary N) is 1. The maximum absolute atomic E-state index is 5.71. The van der Waals surface area contributed by atoms with E-state index >= 15 is 0 Å². The van der Waals surface area contributed by atoms with E-state index in [0.717, 1.165) is 12.2 Å². The Labute approximate surface area is 109 Å². The molecule has 0 unspecified atom stereocenters. The van der Waals surface area contributed by atoms with Crippen LogP contribution in [0.25, 0.3) is 0 Å². The molecular formula is C11H15IN2S. The first-order valence-corrected chi connectivity index (χ1v) is 7.30. The predicted octanol–water partition coefficient (Wildman–Crippen LogP) is 3.18. The van der Waals surface area contributed by atoms with Crippen LogP contribution in [0.4, 0.5) is 11.4 Å². The van der Waals surface area contributed by atoms with E-state index < -0.39 is 0 Å². The standard InChI is InChI=1S/C11H15IN2S/c1-15-11(4-5-11)7-14-10-3-2-8(13)6-9(10)12/h2-3,6,14H,4-5,7,13H2,1H3. The monoisotopic (exact) mass is 334 g/mol. The quantitative estimate of drug-likeness (QED) is 0.656. The van der Waals surface area contributed by atoms with Crippen LogP contribution in [-0.4, -0.2) is 17.5 Å². The minimum atomic E-state index is 0.504. The SMILES string of the molecule is CSC1(CNc2ccc(N)cc2I)CC1. The van der Waals surface area contributed by atoms with Crippen LogP contribution in [0.5, 0.6) is 0 Å². The lowest BCUT2D eigenvalue weighted by atomic mass is 10.3. The number of thioether (sulfide) groups is 1. The Morgan fingerprint density at radius 1 is 1.53 bits per heavy atom. The zero-order valence-electron chi connectivity index (χ0n) is 8.72. The first-order valence-electron chi connectivity index (χ1n) is 4.99. The average molecular weight is 334 g/mol. The number of nitrogen functional groups attached to an aromatic ring is 1. The number of benzene rings is 1. The molecule has 0 atom stereocenters. The van der Waals surface area contributed by atoms with Gasteiger partial charge in [0.25, 0.3) is 0 Å². The average Bonchev–Trinajstić information content (AvgIpc) is 2.97. The third-order valence-electron chi connectivity index (χ3n) is 2.83. The van der Waals surface area contributed by atoms with Crippen LogP contribution in [-0.2, 0) is 0 Å². The highest BCUT2D eigenvalue weighted by Crippen LogP contribution is 2.47. The van der Waals surface area contributed by atoms with Crippen molar-refractivity contribution < 1.29 is 0 Å². The van der Waals surface area contributed by atoms with E-state index in [1.165, 1.54) is 22.1 Å². The molecule has 2 nitrogen and oxygen atoms in total. The minimum Gasteiger partial charge on any atom is -0.399 e. The van der Waals surface area contributed by atoms with E-state index in [1.54, 1.807) is 0 Å². The van der Waals surface area contributed by atoms with Crippen molar-refractivity contribution in [2.45, 2.75) is 17.6 Å². The van der Waals surface area contributed by atoms with Gasteiger partial charge < -0.3 is 11.1 Å². The lowest BCUT2D eigenvalue weighted by Gasteiger charge is -2.15. The first-order chi connectivity index (χ1) is 7.15. The molecule has 0 aromatic heterocycles. The molecule has 4 heteroatoms. The predicted molar refractivity (Wildman–Crippen MR) is 77.5 cm³/mol. The number of anilines is 2. The smallest absolute Gasteiger partial charge is 0.0477 e. The van der Waals surface area contributed by atoms with Gasteiger partial charge in [0.05, 0.1) is 0 Å². The maximum atomic E-state index is 5.71. The van der Waals surface area contributed by atoms with Gasteiger partial charge in [-0.2, -0.15) is 11.8 Å². The summed E-state index contributed by atoms with van der Waals surface area (Å²) >= 11 is 4.30. The number of hydrogen-bond acceptors (Lipinski definition) is 3. The van der Waals surface area contributed by atoms with Gasteiger partial charge >= 0.3 is 0 Å². The Balaban J connectivity index is 1.99. The summed E-state index contributed by atoms with van der Waals surface area (Å²) in [7, 11) is 0. The van der Waals surface area contributed by atoms with Crippen LogP contribution >= 0.6 is 34.4 Å². The fourth-order valence-electron chi connectivity index (χ4n) is 1.52. The van der Waals surface area contributed by atoms with Gasteiger partial charge in [-0.25, -0.2) is 0 Å². The molecule has 0 radical (unpaired) electrons. The molecule has 1 saturated carbocycles. The van der Waals surface area contributed by atoms with Gasteiger partial charge in [0.1, 0.15) is 0 Å². The van der Waals surface area contributed by atoms with Crippen LogP contribution in [0.1, 0.15) is 12.8 Å². The van der Waals surface area contributed by atoms with E-state index in [4.69, 9.17) is 5.73 Å². The summed E-state index contributed by atoms with van der Waals surface area (Å²) in [5.41, 5.74) is 7.74. The number of rotatable bonds is 4. The first kappa shape index (κ1) is 11.4. The lowest BCUT2D eigenvalue weighted by Crippen LogP contribution is -2.17. The molecule has 1 aromatic rings. The largest absolute Gasteiger partial charge is 0.399 e. The summed E-state index contributed by atoms with van der Waals surface area (Å²) in [6.45, 7) is 1.06. The third kappa shape index (κ3) is 2.72.